The molecule has 1 aromatic heterocycles. The van der Waals surface area contributed by atoms with Crippen LogP contribution in [0.3, 0.4) is 0 Å². The topological polar surface area (TPSA) is 84.6 Å². The maximum Gasteiger partial charge on any atom is 0.216 e. The van der Waals surface area contributed by atoms with Crippen LogP contribution in [-0.4, -0.2) is 28.4 Å². The largest absolute Gasteiger partial charge is 0.484 e. The Kier molecular flexibility index (Phi) is 4.05. The molecule has 1 aliphatic rings. The number of aromatic nitrogens is 1. The van der Waals surface area contributed by atoms with Gasteiger partial charge in [-0.15, -0.1) is 0 Å². The Labute approximate surface area is 146 Å². The molecule has 25 heavy (non-hydrogen) atoms. The molecular formula is C19H20N2O4. The van der Waals surface area contributed by atoms with Gasteiger partial charge in [-0.3, -0.25) is 0 Å². The predicted octanol–water partition coefficient (Wildman–Crippen LogP) is 3.00. The van der Waals surface area contributed by atoms with Crippen molar-refractivity contribution in [3.63, 3.8) is 0 Å². The number of aliphatic hydroxyl groups is 1. The molecule has 0 amide bonds. The number of ether oxygens (including phenoxy) is 3. The number of fused-ring (bicyclic) bond motifs is 1. The van der Waals surface area contributed by atoms with E-state index >= 15 is 0 Å². The summed E-state index contributed by atoms with van der Waals surface area (Å²) in [6.45, 7) is 5.27. The van der Waals surface area contributed by atoms with Crippen LogP contribution in [0.4, 0.5) is 0 Å². The first-order valence-electron chi connectivity index (χ1n) is 7.90. The Bertz CT molecular complexity index is 840. The maximum atomic E-state index is 11.2. The van der Waals surface area contributed by atoms with Crippen LogP contribution < -0.4 is 14.2 Å². The van der Waals surface area contributed by atoms with Gasteiger partial charge in [0, 0.05) is 17.8 Å². The van der Waals surface area contributed by atoms with Crippen LogP contribution in [0.25, 0.3) is 0 Å². The molecule has 2 heterocycles. The molecule has 130 valence electrons. The van der Waals surface area contributed by atoms with Crippen molar-refractivity contribution in [2.75, 3.05) is 7.11 Å². The second-order valence-electron chi connectivity index (χ2n) is 6.66. The van der Waals surface area contributed by atoms with Crippen LogP contribution in [0.1, 0.15) is 38.0 Å². The molecule has 1 aromatic carbocycles. The molecule has 0 aliphatic carbocycles. The highest BCUT2D eigenvalue weighted by Gasteiger charge is 2.54. The summed E-state index contributed by atoms with van der Waals surface area (Å²) in [6, 6.07) is 10.5. The lowest BCUT2D eigenvalue weighted by molar-refractivity contribution is -0.174. The number of rotatable bonds is 3. The zero-order valence-corrected chi connectivity index (χ0v) is 14.6. The Morgan fingerprint density at radius 3 is 2.68 bits per heavy atom. The van der Waals surface area contributed by atoms with Crippen LogP contribution in [0, 0.1) is 11.3 Å². The van der Waals surface area contributed by atoms with Gasteiger partial charge in [-0.2, -0.15) is 5.26 Å². The summed E-state index contributed by atoms with van der Waals surface area (Å²) in [4.78, 5) is 4.06. The third-order valence-corrected chi connectivity index (χ3v) is 4.69. The molecule has 2 unspecified atom stereocenters. The smallest absolute Gasteiger partial charge is 0.216 e. The van der Waals surface area contributed by atoms with E-state index in [2.05, 4.69) is 11.1 Å². The SMILES string of the molecule is COc1cc(OC2c3cc(C#N)ccc3OC(C)(C)C2(C)O)ccn1. The van der Waals surface area contributed by atoms with Gasteiger partial charge in [-0.25, -0.2) is 4.98 Å². The number of pyridine rings is 1. The number of benzene rings is 1. The van der Waals surface area contributed by atoms with Gasteiger partial charge in [-0.05, 0) is 45.0 Å². The highest BCUT2D eigenvalue weighted by Crippen LogP contribution is 2.48. The zero-order chi connectivity index (χ0) is 18.2. The molecule has 6 nitrogen and oxygen atoms in total. The van der Waals surface area contributed by atoms with Crippen molar-refractivity contribution >= 4 is 0 Å². The minimum atomic E-state index is -1.34. The third kappa shape index (κ3) is 2.87. The fourth-order valence-corrected chi connectivity index (χ4v) is 2.80. The maximum absolute atomic E-state index is 11.2. The molecule has 2 aromatic rings. The molecule has 0 spiro atoms. The normalized spacial score (nSPS) is 23.8. The molecule has 1 N–H and O–H groups in total. The van der Waals surface area contributed by atoms with Gasteiger partial charge in [0.1, 0.15) is 22.7 Å². The van der Waals surface area contributed by atoms with Crippen LogP contribution >= 0.6 is 0 Å². The van der Waals surface area contributed by atoms with Gasteiger partial charge >= 0.3 is 0 Å². The standard InChI is InChI=1S/C19H20N2O4/c1-18(2)19(3,22)17(24-13-7-8-21-16(10-13)23-4)14-9-12(11-20)5-6-15(14)25-18/h5-10,17,22H,1-4H3. The monoisotopic (exact) mass is 340 g/mol. The first kappa shape index (κ1) is 17.1. The summed E-state index contributed by atoms with van der Waals surface area (Å²) in [6.07, 6.45) is 0.839. The van der Waals surface area contributed by atoms with E-state index < -0.39 is 17.3 Å². The lowest BCUT2D eigenvalue weighted by atomic mass is 9.77. The van der Waals surface area contributed by atoms with Crippen molar-refractivity contribution in [1.29, 1.82) is 5.26 Å². The Morgan fingerprint density at radius 1 is 1.24 bits per heavy atom. The van der Waals surface area contributed by atoms with Gasteiger partial charge in [0.2, 0.25) is 5.88 Å². The molecule has 0 radical (unpaired) electrons. The fourth-order valence-electron chi connectivity index (χ4n) is 2.80. The van der Waals surface area contributed by atoms with Gasteiger partial charge in [0.05, 0.1) is 18.7 Å². The van der Waals surface area contributed by atoms with Crippen LogP contribution in [0.5, 0.6) is 17.4 Å². The number of hydrogen-bond donors (Lipinski definition) is 1. The number of nitriles is 1. The molecule has 1 aliphatic heterocycles. The fraction of sp³-hybridized carbons (Fsp3) is 0.368. The van der Waals surface area contributed by atoms with Gasteiger partial charge in [-0.1, -0.05) is 0 Å². The van der Waals surface area contributed by atoms with E-state index in [-0.39, 0.29) is 0 Å². The summed E-state index contributed by atoms with van der Waals surface area (Å²) < 4.78 is 17.2. The van der Waals surface area contributed by atoms with E-state index in [1.54, 1.807) is 57.3 Å². The number of hydrogen-bond acceptors (Lipinski definition) is 6. The quantitative estimate of drug-likeness (QED) is 0.924. The second kappa shape index (κ2) is 5.94. The second-order valence-corrected chi connectivity index (χ2v) is 6.66. The van der Waals surface area contributed by atoms with Gasteiger partial charge < -0.3 is 19.3 Å². The molecule has 6 heteroatoms. The average Bonchev–Trinajstić information content (AvgIpc) is 2.59. The number of nitrogens with zero attached hydrogens (tertiary/aromatic N) is 2. The Morgan fingerprint density at radius 2 is 2.00 bits per heavy atom. The van der Waals surface area contributed by atoms with Crippen molar-refractivity contribution in [3.05, 3.63) is 47.7 Å². The first-order valence-corrected chi connectivity index (χ1v) is 7.90. The van der Waals surface area contributed by atoms with Crippen molar-refractivity contribution < 1.29 is 19.3 Å². The first-order chi connectivity index (χ1) is 11.8. The summed E-state index contributed by atoms with van der Waals surface area (Å²) in [7, 11) is 1.52. The van der Waals surface area contributed by atoms with E-state index in [9.17, 15) is 10.4 Å². The molecule has 3 rings (SSSR count). The van der Waals surface area contributed by atoms with Crippen LogP contribution in [-0.2, 0) is 0 Å². The lowest BCUT2D eigenvalue weighted by Crippen LogP contribution is -2.59. The minimum absolute atomic E-state index is 0.412. The Balaban J connectivity index is 2.10. The predicted molar refractivity (Wildman–Crippen MR) is 90.6 cm³/mol. The van der Waals surface area contributed by atoms with Crippen LogP contribution in [0.15, 0.2) is 36.5 Å². The molecule has 2 atom stereocenters. The van der Waals surface area contributed by atoms with Crippen molar-refractivity contribution in [2.24, 2.45) is 0 Å². The van der Waals surface area contributed by atoms with E-state index in [1.807, 2.05) is 0 Å². The number of methoxy groups -OCH3 is 1. The third-order valence-electron chi connectivity index (χ3n) is 4.69. The van der Waals surface area contributed by atoms with E-state index in [0.717, 1.165) is 0 Å². The van der Waals surface area contributed by atoms with E-state index in [1.165, 1.54) is 7.11 Å². The zero-order valence-electron chi connectivity index (χ0n) is 14.6. The van der Waals surface area contributed by atoms with Crippen molar-refractivity contribution in [3.8, 4) is 23.4 Å². The van der Waals surface area contributed by atoms with E-state index in [4.69, 9.17) is 14.2 Å². The van der Waals surface area contributed by atoms with Crippen molar-refractivity contribution in [1.82, 2.24) is 4.98 Å². The molecule has 0 fully saturated rings. The Hall–Kier alpha value is -2.78. The average molecular weight is 340 g/mol. The van der Waals surface area contributed by atoms with Gasteiger partial charge in [0.25, 0.3) is 0 Å². The highest BCUT2D eigenvalue weighted by atomic mass is 16.6. The van der Waals surface area contributed by atoms with Crippen LogP contribution in [0.2, 0.25) is 0 Å². The van der Waals surface area contributed by atoms with E-state index in [0.29, 0.717) is 28.5 Å². The van der Waals surface area contributed by atoms with Gasteiger partial charge in [0.15, 0.2) is 6.10 Å². The molecular weight excluding hydrogens is 320 g/mol. The molecule has 0 saturated heterocycles. The summed E-state index contributed by atoms with van der Waals surface area (Å²) in [5.41, 5.74) is -1.14. The van der Waals surface area contributed by atoms with Crippen molar-refractivity contribution in [2.45, 2.75) is 38.1 Å². The lowest BCUT2D eigenvalue weighted by Gasteiger charge is -2.48. The summed E-state index contributed by atoms with van der Waals surface area (Å²) >= 11 is 0. The molecule has 0 bridgehead atoms. The minimum Gasteiger partial charge on any atom is -0.484 e. The summed E-state index contributed by atoms with van der Waals surface area (Å²) in [5.74, 6) is 1.50. The summed E-state index contributed by atoms with van der Waals surface area (Å²) in [5, 5.41) is 20.4. The molecule has 0 saturated carbocycles. The highest BCUT2D eigenvalue weighted by molar-refractivity contribution is 5.47.